The first kappa shape index (κ1) is 17.2. The molecule has 25 heavy (non-hydrogen) atoms. The van der Waals surface area contributed by atoms with Gasteiger partial charge in [-0.1, -0.05) is 18.2 Å². The molecule has 0 saturated carbocycles. The van der Waals surface area contributed by atoms with E-state index in [2.05, 4.69) is 10.4 Å². The quantitative estimate of drug-likeness (QED) is 0.929. The van der Waals surface area contributed by atoms with Crippen LogP contribution in [0, 0.1) is 13.8 Å². The lowest BCUT2D eigenvalue weighted by Gasteiger charge is -2.33. The molecule has 1 aliphatic heterocycles. The number of amides is 2. The highest BCUT2D eigenvalue weighted by Gasteiger charge is 2.32. The number of aryl methyl sites for hydroxylation is 2. The molecule has 0 aliphatic carbocycles. The third kappa shape index (κ3) is 3.57. The summed E-state index contributed by atoms with van der Waals surface area (Å²) in [6.45, 7) is 6.31. The Labute approximate surface area is 147 Å². The Kier molecular flexibility index (Phi) is 4.88. The van der Waals surface area contributed by atoms with Crippen LogP contribution in [0.4, 0.5) is 5.69 Å². The van der Waals surface area contributed by atoms with E-state index >= 15 is 0 Å². The molecule has 2 aromatic rings. The molecule has 1 aromatic carbocycles. The molecule has 1 saturated heterocycles. The Bertz CT molecular complexity index is 769. The summed E-state index contributed by atoms with van der Waals surface area (Å²) in [6.07, 6.45) is 1.53. The zero-order valence-corrected chi connectivity index (χ0v) is 14.9. The van der Waals surface area contributed by atoms with Gasteiger partial charge in [-0.2, -0.15) is 5.10 Å². The van der Waals surface area contributed by atoms with Crippen molar-refractivity contribution >= 4 is 17.5 Å². The topological polar surface area (TPSA) is 67.2 Å². The van der Waals surface area contributed by atoms with Crippen LogP contribution in [-0.4, -0.2) is 34.2 Å². The number of nitrogens with one attached hydrogen (secondary N) is 1. The zero-order valence-electron chi connectivity index (χ0n) is 14.9. The smallest absolute Gasteiger partial charge is 0.249 e. The van der Waals surface area contributed by atoms with Crippen LogP contribution >= 0.6 is 0 Å². The van der Waals surface area contributed by atoms with Crippen molar-refractivity contribution in [2.75, 3.05) is 11.4 Å². The average Bonchev–Trinajstić information content (AvgIpc) is 2.95. The van der Waals surface area contributed by atoms with Crippen LogP contribution in [0.15, 0.2) is 36.4 Å². The molecule has 2 heterocycles. The Morgan fingerprint density at radius 2 is 2.00 bits per heavy atom. The molecule has 132 valence electrons. The number of carbonyl (C=O) groups excluding carboxylic acids is 2. The van der Waals surface area contributed by atoms with Crippen molar-refractivity contribution in [3.05, 3.63) is 47.8 Å². The van der Waals surface area contributed by atoms with Crippen LogP contribution in [0.2, 0.25) is 0 Å². The highest BCUT2D eigenvalue weighted by Crippen LogP contribution is 2.21. The lowest BCUT2D eigenvalue weighted by molar-refractivity contribution is -0.130. The molecule has 1 aliphatic rings. The van der Waals surface area contributed by atoms with Crippen molar-refractivity contribution in [3.8, 4) is 0 Å². The molecule has 1 fully saturated rings. The Hall–Kier alpha value is -2.63. The number of rotatable bonds is 4. The Morgan fingerprint density at radius 1 is 1.28 bits per heavy atom. The molecular formula is C19H24N4O2. The summed E-state index contributed by atoms with van der Waals surface area (Å²) in [4.78, 5) is 27.2. The molecule has 1 aromatic heterocycles. The van der Waals surface area contributed by atoms with Gasteiger partial charge in [0.1, 0.15) is 12.1 Å². The van der Waals surface area contributed by atoms with Crippen molar-refractivity contribution in [2.45, 2.75) is 45.7 Å². The normalized spacial score (nSPS) is 18.9. The fraction of sp³-hybridized carbons (Fsp3) is 0.421. The molecule has 0 bridgehead atoms. The first-order chi connectivity index (χ1) is 12.0. The minimum Gasteiger partial charge on any atom is -0.342 e. The number of aromatic nitrogens is 2. The minimum atomic E-state index is -0.485. The first-order valence-electron chi connectivity index (χ1n) is 8.67. The van der Waals surface area contributed by atoms with Crippen molar-refractivity contribution in [3.63, 3.8) is 0 Å². The molecule has 0 spiro atoms. The van der Waals surface area contributed by atoms with Gasteiger partial charge in [-0.25, -0.2) is 0 Å². The third-order valence-corrected chi connectivity index (χ3v) is 4.61. The highest BCUT2D eigenvalue weighted by atomic mass is 16.2. The number of para-hydroxylation sites is 1. The molecule has 2 amide bonds. The summed E-state index contributed by atoms with van der Waals surface area (Å²) in [6, 6.07) is 10.6. The molecule has 3 rings (SSSR count). The lowest BCUT2D eigenvalue weighted by atomic mass is 10.0. The molecule has 0 radical (unpaired) electrons. The number of anilines is 1. The van der Waals surface area contributed by atoms with Gasteiger partial charge in [0.05, 0.1) is 5.69 Å². The predicted molar refractivity (Wildman–Crippen MR) is 96.4 cm³/mol. The Morgan fingerprint density at radius 3 is 2.64 bits per heavy atom. The van der Waals surface area contributed by atoms with Crippen molar-refractivity contribution in [2.24, 2.45) is 0 Å². The third-order valence-electron chi connectivity index (χ3n) is 4.61. The monoisotopic (exact) mass is 340 g/mol. The van der Waals surface area contributed by atoms with Crippen LogP contribution in [-0.2, 0) is 9.59 Å². The molecule has 2 atom stereocenters. The van der Waals surface area contributed by atoms with Crippen molar-refractivity contribution < 1.29 is 9.59 Å². The molecule has 6 nitrogen and oxygen atoms in total. The number of carbonyl (C=O) groups is 2. The molecular weight excluding hydrogens is 316 g/mol. The van der Waals surface area contributed by atoms with Crippen LogP contribution < -0.4 is 10.2 Å². The van der Waals surface area contributed by atoms with Gasteiger partial charge in [0.25, 0.3) is 0 Å². The molecule has 0 unspecified atom stereocenters. The fourth-order valence-electron chi connectivity index (χ4n) is 3.32. The number of benzene rings is 1. The summed E-state index contributed by atoms with van der Waals surface area (Å²) in [5, 5.41) is 7.28. The van der Waals surface area contributed by atoms with Gasteiger partial charge in [0, 0.05) is 17.9 Å². The lowest BCUT2D eigenvalue weighted by Crippen LogP contribution is -2.53. The van der Waals surface area contributed by atoms with Gasteiger partial charge in [0.15, 0.2) is 0 Å². The van der Waals surface area contributed by atoms with Gasteiger partial charge in [-0.3, -0.25) is 14.3 Å². The first-order valence-corrected chi connectivity index (χ1v) is 8.67. The number of nitrogens with zero attached hydrogens (tertiary/aromatic N) is 3. The van der Waals surface area contributed by atoms with E-state index in [1.54, 1.807) is 16.5 Å². The fourth-order valence-corrected chi connectivity index (χ4v) is 3.32. The standard InChI is InChI=1S/C19H24N4O2/c1-13-12-14(2)23(21-13)15(3)18(24)20-17-10-7-11-22(19(17)25)16-8-5-4-6-9-16/h4-6,8-9,12,15,17H,7,10-11H2,1-3H3,(H,20,24)/t15-,17-/m0/s1. The van der Waals surface area contributed by atoms with E-state index in [1.165, 1.54) is 0 Å². The van der Waals surface area contributed by atoms with Crippen molar-refractivity contribution in [1.82, 2.24) is 15.1 Å². The summed E-state index contributed by atoms with van der Waals surface area (Å²) in [7, 11) is 0. The number of piperidine rings is 1. The van der Waals surface area contributed by atoms with E-state index in [9.17, 15) is 9.59 Å². The second-order valence-corrected chi connectivity index (χ2v) is 6.58. The zero-order chi connectivity index (χ0) is 18.0. The van der Waals surface area contributed by atoms with Gasteiger partial charge >= 0.3 is 0 Å². The van der Waals surface area contributed by atoms with E-state index in [0.717, 1.165) is 23.5 Å². The number of hydrogen-bond acceptors (Lipinski definition) is 3. The maximum atomic E-state index is 12.8. The van der Waals surface area contributed by atoms with Gasteiger partial charge in [-0.15, -0.1) is 0 Å². The van der Waals surface area contributed by atoms with E-state index in [-0.39, 0.29) is 11.8 Å². The van der Waals surface area contributed by atoms with E-state index < -0.39 is 12.1 Å². The second-order valence-electron chi connectivity index (χ2n) is 6.58. The number of hydrogen-bond donors (Lipinski definition) is 1. The van der Waals surface area contributed by atoms with Crippen LogP contribution in [0.5, 0.6) is 0 Å². The van der Waals surface area contributed by atoms with E-state index in [1.807, 2.05) is 50.2 Å². The highest BCUT2D eigenvalue weighted by molar-refractivity contribution is 6.00. The van der Waals surface area contributed by atoms with Gasteiger partial charge < -0.3 is 10.2 Å². The largest absolute Gasteiger partial charge is 0.342 e. The van der Waals surface area contributed by atoms with E-state index in [4.69, 9.17) is 0 Å². The Balaban J connectivity index is 1.70. The summed E-state index contributed by atoms with van der Waals surface area (Å²) >= 11 is 0. The minimum absolute atomic E-state index is 0.0497. The average molecular weight is 340 g/mol. The summed E-state index contributed by atoms with van der Waals surface area (Å²) in [5.41, 5.74) is 2.68. The predicted octanol–water partition coefficient (Wildman–Crippen LogP) is 2.37. The van der Waals surface area contributed by atoms with Gasteiger partial charge in [-0.05, 0) is 51.8 Å². The van der Waals surface area contributed by atoms with E-state index in [0.29, 0.717) is 13.0 Å². The van der Waals surface area contributed by atoms with Gasteiger partial charge in [0.2, 0.25) is 11.8 Å². The molecule has 1 N–H and O–H groups in total. The summed E-state index contributed by atoms with van der Waals surface area (Å²) in [5.74, 6) is -0.231. The second kappa shape index (κ2) is 7.09. The van der Waals surface area contributed by atoms with Crippen LogP contribution in [0.3, 0.4) is 0 Å². The molecule has 6 heteroatoms. The SMILES string of the molecule is Cc1cc(C)n([C@@H](C)C(=O)N[C@H]2CCCN(c3ccccc3)C2=O)n1. The van der Waals surface area contributed by atoms with Crippen LogP contribution in [0.25, 0.3) is 0 Å². The summed E-state index contributed by atoms with van der Waals surface area (Å²) < 4.78 is 1.70. The van der Waals surface area contributed by atoms with Crippen LogP contribution in [0.1, 0.15) is 37.2 Å². The maximum absolute atomic E-state index is 12.8. The van der Waals surface area contributed by atoms with Crippen molar-refractivity contribution in [1.29, 1.82) is 0 Å². The maximum Gasteiger partial charge on any atom is 0.249 e.